The summed E-state index contributed by atoms with van der Waals surface area (Å²) in [5.74, 6) is -0.441. The van der Waals surface area contributed by atoms with Gasteiger partial charge in [-0.2, -0.15) is 0 Å². The lowest BCUT2D eigenvalue weighted by atomic mass is 9.87. The van der Waals surface area contributed by atoms with Gasteiger partial charge in [-0.15, -0.1) is 0 Å². The van der Waals surface area contributed by atoms with Crippen LogP contribution in [0.25, 0.3) is 0 Å². The molecule has 2 heterocycles. The molecule has 3 rings (SSSR count). The molecule has 1 aliphatic heterocycles. The Morgan fingerprint density at radius 3 is 2.58 bits per heavy atom. The third-order valence-corrected chi connectivity index (χ3v) is 6.11. The molecular formula is C19H27N5O2. The smallest absolute Gasteiger partial charge is 0.232 e. The van der Waals surface area contributed by atoms with Crippen molar-refractivity contribution < 1.29 is 9.59 Å². The van der Waals surface area contributed by atoms with Crippen LogP contribution >= 0.6 is 0 Å². The Hall–Kier alpha value is -2.44. The number of aromatic nitrogens is 1. The van der Waals surface area contributed by atoms with Gasteiger partial charge in [0.15, 0.2) is 5.96 Å². The lowest BCUT2D eigenvalue weighted by Gasteiger charge is -2.40. The zero-order valence-electron chi connectivity index (χ0n) is 15.6. The minimum atomic E-state index is -0.435. The summed E-state index contributed by atoms with van der Waals surface area (Å²) in [7, 11) is 0. The summed E-state index contributed by atoms with van der Waals surface area (Å²) in [4.78, 5) is 35.3. The lowest BCUT2D eigenvalue weighted by Crippen LogP contribution is -2.53. The summed E-state index contributed by atoms with van der Waals surface area (Å²) in [6.45, 7) is 6.02. The Bertz CT molecular complexity index is 729. The predicted octanol–water partition coefficient (Wildman–Crippen LogP) is 1.60. The van der Waals surface area contributed by atoms with E-state index in [1.165, 1.54) is 0 Å². The molecule has 0 radical (unpaired) electrons. The van der Waals surface area contributed by atoms with Crippen LogP contribution in [0.4, 0.5) is 0 Å². The van der Waals surface area contributed by atoms with E-state index in [9.17, 15) is 9.59 Å². The van der Waals surface area contributed by atoms with E-state index < -0.39 is 5.54 Å². The topological polar surface area (TPSA) is 115 Å². The van der Waals surface area contributed by atoms with E-state index in [2.05, 4.69) is 4.98 Å². The molecule has 0 saturated heterocycles. The van der Waals surface area contributed by atoms with Crippen molar-refractivity contribution in [2.45, 2.75) is 51.6 Å². The molecule has 1 aromatic rings. The number of aliphatic imine (C=N–C) groups is 1. The first kappa shape index (κ1) is 18.4. The molecule has 0 bridgehead atoms. The second-order valence-electron chi connectivity index (χ2n) is 7.44. The number of carbonyl (C=O) groups is 2. The van der Waals surface area contributed by atoms with Crippen LogP contribution in [0.5, 0.6) is 0 Å². The van der Waals surface area contributed by atoms with E-state index in [-0.39, 0.29) is 41.6 Å². The first-order chi connectivity index (χ1) is 12.3. The highest BCUT2D eigenvalue weighted by atomic mass is 16.2. The van der Waals surface area contributed by atoms with Crippen molar-refractivity contribution in [1.29, 1.82) is 0 Å². The third-order valence-electron chi connectivity index (χ3n) is 6.11. The quantitative estimate of drug-likeness (QED) is 0.804. The summed E-state index contributed by atoms with van der Waals surface area (Å²) in [6, 6.07) is 3.35. The Morgan fingerprint density at radius 2 is 2.12 bits per heavy atom. The molecule has 140 valence electrons. The molecule has 7 nitrogen and oxygen atoms in total. The number of nitrogens with two attached hydrogens (primary N) is 2. The number of primary amides is 1. The van der Waals surface area contributed by atoms with Crippen LogP contribution in [0.1, 0.15) is 51.6 Å². The largest absolute Gasteiger partial charge is 0.369 e. The van der Waals surface area contributed by atoms with Crippen molar-refractivity contribution in [3.05, 3.63) is 30.1 Å². The van der Waals surface area contributed by atoms with Crippen LogP contribution in [-0.2, 0) is 9.59 Å². The summed E-state index contributed by atoms with van der Waals surface area (Å²) < 4.78 is 0. The first-order valence-electron chi connectivity index (χ1n) is 9.22. The highest BCUT2D eigenvalue weighted by molar-refractivity contribution is 5.99. The number of guanidine groups is 1. The summed E-state index contributed by atoms with van der Waals surface area (Å²) >= 11 is 0. The number of carbonyl (C=O) groups excluding carboxylic acids is 2. The van der Waals surface area contributed by atoms with E-state index in [0.29, 0.717) is 6.42 Å². The molecular weight excluding hydrogens is 330 g/mol. The fourth-order valence-corrected chi connectivity index (χ4v) is 4.31. The maximum absolute atomic E-state index is 13.1. The number of nitrogens with zero attached hydrogens (tertiary/aromatic N) is 3. The van der Waals surface area contributed by atoms with E-state index in [1.54, 1.807) is 17.3 Å². The standard InChI is InChI=1S/C19H27N5O2/c1-4-19(5-2)9-13(25)24(18(21)23-19)16(12-7-6-8-22-10-12)14-11(3)15(14)17(20)26/h6-8,10-11,14-16H,4-5,9H2,1-3H3,(H2,20,26)(H2,21,23). The average Bonchev–Trinajstić information content (AvgIpc) is 3.29. The average molecular weight is 357 g/mol. The van der Waals surface area contributed by atoms with E-state index >= 15 is 0 Å². The summed E-state index contributed by atoms with van der Waals surface area (Å²) in [6.07, 6.45) is 5.23. The maximum atomic E-state index is 13.1. The monoisotopic (exact) mass is 357 g/mol. The van der Waals surface area contributed by atoms with Gasteiger partial charge < -0.3 is 11.5 Å². The third kappa shape index (κ3) is 2.95. The molecule has 0 spiro atoms. The highest BCUT2D eigenvalue weighted by Crippen LogP contribution is 2.55. The van der Waals surface area contributed by atoms with Crippen LogP contribution in [0.2, 0.25) is 0 Å². The minimum Gasteiger partial charge on any atom is -0.369 e. The number of rotatable bonds is 6. The van der Waals surface area contributed by atoms with Gasteiger partial charge >= 0.3 is 0 Å². The van der Waals surface area contributed by atoms with Crippen molar-refractivity contribution in [3.63, 3.8) is 0 Å². The second-order valence-corrected chi connectivity index (χ2v) is 7.44. The van der Waals surface area contributed by atoms with E-state index in [1.807, 2.05) is 32.9 Å². The van der Waals surface area contributed by atoms with Gasteiger partial charge in [0.1, 0.15) is 0 Å². The van der Waals surface area contributed by atoms with Gasteiger partial charge in [0.05, 0.1) is 18.0 Å². The predicted molar refractivity (Wildman–Crippen MR) is 98.7 cm³/mol. The van der Waals surface area contributed by atoms with Gasteiger partial charge in [0.2, 0.25) is 11.8 Å². The fourth-order valence-electron chi connectivity index (χ4n) is 4.31. The minimum absolute atomic E-state index is 0.0580. The Balaban J connectivity index is 2.03. The van der Waals surface area contributed by atoms with Crippen molar-refractivity contribution >= 4 is 17.8 Å². The molecule has 4 atom stereocenters. The van der Waals surface area contributed by atoms with E-state index in [0.717, 1.165) is 18.4 Å². The lowest BCUT2D eigenvalue weighted by molar-refractivity contribution is -0.132. The molecule has 26 heavy (non-hydrogen) atoms. The van der Waals surface area contributed by atoms with Gasteiger partial charge in [-0.25, -0.2) is 4.99 Å². The van der Waals surface area contributed by atoms with Crippen molar-refractivity contribution in [2.24, 2.45) is 34.2 Å². The van der Waals surface area contributed by atoms with Gasteiger partial charge in [-0.1, -0.05) is 26.8 Å². The van der Waals surface area contributed by atoms with Crippen LogP contribution in [0.15, 0.2) is 29.5 Å². The zero-order valence-corrected chi connectivity index (χ0v) is 15.6. The number of amides is 2. The molecule has 2 amide bonds. The summed E-state index contributed by atoms with van der Waals surface area (Å²) in [5.41, 5.74) is 12.3. The normalized spacial score (nSPS) is 28.4. The Labute approximate surface area is 153 Å². The van der Waals surface area contributed by atoms with Gasteiger partial charge in [-0.05, 0) is 36.3 Å². The van der Waals surface area contributed by atoms with Crippen LogP contribution < -0.4 is 11.5 Å². The van der Waals surface area contributed by atoms with Gasteiger partial charge in [0.25, 0.3) is 0 Å². The fraction of sp³-hybridized carbons (Fsp3) is 0.579. The number of hydrogen-bond donors (Lipinski definition) is 2. The van der Waals surface area contributed by atoms with Crippen LogP contribution in [-0.4, -0.2) is 33.2 Å². The Morgan fingerprint density at radius 1 is 1.42 bits per heavy atom. The molecule has 0 aromatic carbocycles. The number of pyridine rings is 1. The molecule has 4 unspecified atom stereocenters. The molecule has 4 N–H and O–H groups in total. The molecule has 1 fully saturated rings. The van der Waals surface area contributed by atoms with Crippen molar-refractivity contribution in [3.8, 4) is 0 Å². The summed E-state index contributed by atoms with van der Waals surface area (Å²) in [5, 5.41) is 0. The van der Waals surface area contributed by atoms with E-state index in [4.69, 9.17) is 16.5 Å². The molecule has 1 saturated carbocycles. The highest BCUT2D eigenvalue weighted by Gasteiger charge is 2.58. The van der Waals surface area contributed by atoms with Crippen molar-refractivity contribution in [1.82, 2.24) is 9.88 Å². The maximum Gasteiger partial charge on any atom is 0.232 e. The number of hydrogen-bond acceptors (Lipinski definition) is 5. The molecule has 1 aromatic heterocycles. The first-order valence-corrected chi connectivity index (χ1v) is 9.22. The Kier molecular flexibility index (Phi) is 4.73. The van der Waals surface area contributed by atoms with Crippen molar-refractivity contribution in [2.75, 3.05) is 0 Å². The van der Waals surface area contributed by atoms with Gasteiger partial charge in [0, 0.05) is 18.3 Å². The molecule has 1 aliphatic carbocycles. The van der Waals surface area contributed by atoms with Crippen LogP contribution in [0, 0.1) is 17.8 Å². The molecule has 7 heteroatoms. The van der Waals surface area contributed by atoms with Gasteiger partial charge in [-0.3, -0.25) is 19.5 Å². The zero-order chi connectivity index (χ0) is 19.1. The SMILES string of the molecule is CCC1(CC)CC(=O)N(C(c2cccnc2)C2C(C)C2C(N)=O)C(N)=N1. The van der Waals surface area contributed by atoms with Crippen LogP contribution in [0.3, 0.4) is 0 Å². The molecule has 2 aliphatic rings. The second kappa shape index (κ2) is 6.70.